The number of carbonyl (C=O) groups excluding carboxylic acids is 1. The van der Waals surface area contributed by atoms with Crippen LogP contribution in [-0.4, -0.2) is 35.7 Å². The van der Waals surface area contributed by atoms with Gasteiger partial charge in [-0.15, -0.1) is 0 Å². The standard InChI is InChI=1S/C17H24Br2N2O2/c1-17(2,3)23-16(22)21-9-4-5-13(8-10-21)20-15-11-12(18)6-7-14(15)19/h6-7,11,13,20H,4-5,8-10H2,1-3H3. The van der Waals surface area contributed by atoms with Crippen LogP contribution in [0.15, 0.2) is 27.1 Å². The Morgan fingerprint density at radius 3 is 2.70 bits per heavy atom. The van der Waals surface area contributed by atoms with Crippen LogP contribution in [-0.2, 0) is 4.74 Å². The van der Waals surface area contributed by atoms with Crippen molar-refractivity contribution in [2.24, 2.45) is 0 Å². The van der Waals surface area contributed by atoms with Crippen molar-refractivity contribution in [3.05, 3.63) is 27.1 Å². The zero-order valence-electron chi connectivity index (χ0n) is 13.9. The molecule has 1 aromatic rings. The van der Waals surface area contributed by atoms with Crippen LogP contribution in [0.5, 0.6) is 0 Å². The van der Waals surface area contributed by atoms with Gasteiger partial charge in [0.05, 0.1) is 0 Å². The number of rotatable bonds is 2. The van der Waals surface area contributed by atoms with Gasteiger partial charge in [-0.1, -0.05) is 15.9 Å². The van der Waals surface area contributed by atoms with Crippen molar-refractivity contribution in [1.29, 1.82) is 0 Å². The van der Waals surface area contributed by atoms with Crippen LogP contribution < -0.4 is 5.32 Å². The van der Waals surface area contributed by atoms with E-state index in [0.717, 1.165) is 47.0 Å². The van der Waals surface area contributed by atoms with Crippen LogP contribution in [0, 0.1) is 0 Å². The first-order valence-corrected chi connectivity index (χ1v) is 9.53. The quantitative estimate of drug-likeness (QED) is 0.658. The van der Waals surface area contributed by atoms with Crippen molar-refractivity contribution in [2.45, 2.75) is 51.7 Å². The maximum Gasteiger partial charge on any atom is 0.410 e. The molecule has 1 saturated heterocycles. The molecule has 0 aromatic heterocycles. The Morgan fingerprint density at radius 1 is 1.26 bits per heavy atom. The molecule has 1 N–H and O–H groups in total. The summed E-state index contributed by atoms with van der Waals surface area (Å²) in [6, 6.07) is 6.46. The second-order valence-corrected chi connectivity index (χ2v) is 8.63. The Labute approximate surface area is 155 Å². The normalized spacial score (nSPS) is 19.2. The summed E-state index contributed by atoms with van der Waals surface area (Å²) in [6.07, 6.45) is 2.72. The molecule has 1 fully saturated rings. The molecule has 6 heteroatoms. The summed E-state index contributed by atoms with van der Waals surface area (Å²) >= 11 is 7.08. The van der Waals surface area contributed by atoms with Crippen molar-refractivity contribution in [2.75, 3.05) is 18.4 Å². The zero-order chi connectivity index (χ0) is 17.0. The molecule has 128 valence electrons. The van der Waals surface area contributed by atoms with Gasteiger partial charge in [0, 0.05) is 33.8 Å². The van der Waals surface area contributed by atoms with E-state index in [0.29, 0.717) is 6.04 Å². The van der Waals surface area contributed by atoms with E-state index in [2.05, 4.69) is 43.2 Å². The molecule has 2 rings (SSSR count). The topological polar surface area (TPSA) is 41.6 Å². The lowest BCUT2D eigenvalue weighted by Crippen LogP contribution is -2.37. The predicted octanol–water partition coefficient (Wildman–Crippen LogP) is 5.41. The molecule has 4 nitrogen and oxygen atoms in total. The van der Waals surface area contributed by atoms with Crippen molar-refractivity contribution >= 4 is 43.6 Å². The SMILES string of the molecule is CC(C)(C)OC(=O)N1CCCC(Nc2cc(Br)ccc2Br)CC1. The minimum absolute atomic E-state index is 0.207. The Kier molecular flexibility index (Phi) is 6.37. The van der Waals surface area contributed by atoms with Crippen molar-refractivity contribution in [3.8, 4) is 0 Å². The largest absolute Gasteiger partial charge is 0.444 e. The van der Waals surface area contributed by atoms with E-state index in [1.165, 1.54) is 0 Å². The van der Waals surface area contributed by atoms with E-state index in [-0.39, 0.29) is 6.09 Å². The molecule has 1 atom stereocenters. The number of benzene rings is 1. The number of carbonyl (C=O) groups is 1. The Balaban J connectivity index is 1.93. The highest BCUT2D eigenvalue weighted by Gasteiger charge is 2.25. The first-order valence-electron chi connectivity index (χ1n) is 7.94. The number of hydrogen-bond acceptors (Lipinski definition) is 3. The summed E-state index contributed by atoms with van der Waals surface area (Å²) < 4.78 is 7.57. The lowest BCUT2D eigenvalue weighted by Gasteiger charge is -2.26. The fourth-order valence-corrected chi connectivity index (χ4v) is 3.30. The van der Waals surface area contributed by atoms with Crippen molar-refractivity contribution in [1.82, 2.24) is 4.90 Å². The van der Waals surface area contributed by atoms with E-state index in [1.54, 1.807) is 0 Å². The summed E-state index contributed by atoms with van der Waals surface area (Å²) in [5.41, 5.74) is 0.637. The summed E-state index contributed by atoms with van der Waals surface area (Å²) in [4.78, 5) is 14.0. The monoisotopic (exact) mass is 446 g/mol. The van der Waals surface area contributed by atoms with E-state index in [1.807, 2.05) is 37.8 Å². The molecule has 1 aromatic carbocycles. The van der Waals surface area contributed by atoms with Crippen LogP contribution in [0.1, 0.15) is 40.0 Å². The van der Waals surface area contributed by atoms with Crippen LogP contribution in [0.3, 0.4) is 0 Å². The average Bonchev–Trinajstić information content (AvgIpc) is 2.67. The Morgan fingerprint density at radius 2 is 2.00 bits per heavy atom. The maximum atomic E-state index is 12.2. The molecule has 1 aliphatic rings. The summed E-state index contributed by atoms with van der Waals surface area (Å²) in [6.45, 7) is 7.18. The summed E-state index contributed by atoms with van der Waals surface area (Å²) in [7, 11) is 0. The van der Waals surface area contributed by atoms with Crippen LogP contribution >= 0.6 is 31.9 Å². The van der Waals surface area contributed by atoms with Gasteiger partial charge in [-0.25, -0.2) is 4.79 Å². The van der Waals surface area contributed by atoms with Gasteiger partial charge in [0.2, 0.25) is 0 Å². The molecule has 0 saturated carbocycles. The zero-order valence-corrected chi connectivity index (χ0v) is 17.0. The number of amides is 1. The van der Waals surface area contributed by atoms with Crippen LogP contribution in [0.25, 0.3) is 0 Å². The van der Waals surface area contributed by atoms with Crippen LogP contribution in [0.2, 0.25) is 0 Å². The highest BCUT2D eigenvalue weighted by Crippen LogP contribution is 2.28. The second kappa shape index (κ2) is 7.88. The number of likely N-dealkylation sites (tertiary alicyclic amines) is 1. The van der Waals surface area contributed by atoms with Gasteiger partial charge >= 0.3 is 6.09 Å². The first kappa shape index (κ1) is 18.6. The molecule has 0 radical (unpaired) electrons. The van der Waals surface area contributed by atoms with Gasteiger partial charge in [-0.05, 0) is 74.2 Å². The number of hydrogen-bond donors (Lipinski definition) is 1. The number of anilines is 1. The third kappa shape index (κ3) is 5.99. The predicted molar refractivity (Wildman–Crippen MR) is 101 cm³/mol. The smallest absolute Gasteiger partial charge is 0.410 e. The fourth-order valence-electron chi connectivity index (χ4n) is 2.58. The molecule has 0 bridgehead atoms. The van der Waals surface area contributed by atoms with Gasteiger partial charge < -0.3 is 15.0 Å². The highest BCUT2D eigenvalue weighted by molar-refractivity contribution is 9.11. The molecular formula is C17H24Br2N2O2. The van der Waals surface area contributed by atoms with E-state index in [9.17, 15) is 4.79 Å². The van der Waals surface area contributed by atoms with E-state index in [4.69, 9.17) is 4.74 Å². The van der Waals surface area contributed by atoms with Crippen molar-refractivity contribution in [3.63, 3.8) is 0 Å². The third-order valence-electron chi connectivity index (χ3n) is 3.67. The first-order chi connectivity index (χ1) is 10.7. The average molecular weight is 448 g/mol. The molecule has 0 spiro atoms. The van der Waals surface area contributed by atoms with Gasteiger partial charge in [0.1, 0.15) is 5.60 Å². The highest BCUT2D eigenvalue weighted by atomic mass is 79.9. The Hall–Kier alpha value is -0.750. The third-order valence-corrected chi connectivity index (χ3v) is 4.85. The molecule has 1 heterocycles. The molecular weight excluding hydrogens is 424 g/mol. The lowest BCUT2D eigenvalue weighted by atomic mass is 10.1. The Bertz CT molecular complexity index is 558. The molecule has 0 aliphatic carbocycles. The molecule has 23 heavy (non-hydrogen) atoms. The number of halogens is 2. The van der Waals surface area contributed by atoms with E-state index < -0.39 is 5.60 Å². The van der Waals surface area contributed by atoms with Gasteiger partial charge in [-0.3, -0.25) is 0 Å². The summed E-state index contributed by atoms with van der Waals surface area (Å²) in [5.74, 6) is 0. The fraction of sp³-hybridized carbons (Fsp3) is 0.588. The maximum absolute atomic E-state index is 12.2. The van der Waals surface area contributed by atoms with Crippen molar-refractivity contribution < 1.29 is 9.53 Å². The van der Waals surface area contributed by atoms with E-state index >= 15 is 0 Å². The minimum atomic E-state index is -0.442. The molecule has 1 amide bonds. The second-order valence-electron chi connectivity index (χ2n) is 6.86. The van der Waals surface area contributed by atoms with Gasteiger partial charge in [0.25, 0.3) is 0 Å². The van der Waals surface area contributed by atoms with Crippen LogP contribution in [0.4, 0.5) is 10.5 Å². The molecule has 1 unspecified atom stereocenters. The lowest BCUT2D eigenvalue weighted by molar-refractivity contribution is 0.0256. The number of nitrogens with one attached hydrogen (secondary N) is 1. The van der Waals surface area contributed by atoms with Gasteiger partial charge in [-0.2, -0.15) is 0 Å². The minimum Gasteiger partial charge on any atom is -0.444 e. The van der Waals surface area contributed by atoms with Gasteiger partial charge in [0.15, 0.2) is 0 Å². The summed E-state index contributed by atoms with van der Waals surface area (Å²) in [5, 5.41) is 3.58. The number of ether oxygens (including phenoxy) is 1. The molecule has 1 aliphatic heterocycles. The number of nitrogens with zero attached hydrogens (tertiary/aromatic N) is 1.